The lowest BCUT2D eigenvalue weighted by atomic mass is 9.86. The zero-order valence-corrected chi connectivity index (χ0v) is 19.3. The first kappa shape index (κ1) is 21.8. The van der Waals surface area contributed by atoms with Crippen LogP contribution in [0, 0.1) is 12.8 Å². The van der Waals surface area contributed by atoms with Gasteiger partial charge in [0.15, 0.2) is 11.0 Å². The van der Waals surface area contributed by atoms with E-state index in [4.69, 9.17) is 11.6 Å². The number of halogens is 1. The Morgan fingerprint density at radius 1 is 1.19 bits per heavy atom. The van der Waals surface area contributed by atoms with Crippen molar-refractivity contribution in [2.24, 2.45) is 5.92 Å². The minimum absolute atomic E-state index is 0.0339. The van der Waals surface area contributed by atoms with Gasteiger partial charge in [-0.1, -0.05) is 49.2 Å². The van der Waals surface area contributed by atoms with E-state index in [0.29, 0.717) is 21.9 Å². The number of pyridine rings is 1. The third-order valence-corrected chi connectivity index (χ3v) is 7.18. The molecule has 2 heterocycles. The van der Waals surface area contributed by atoms with Gasteiger partial charge in [0.25, 0.3) is 0 Å². The van der Waals surface area contributed by atoms with E-state index in [1.165, 1.54) is 31.0 Å². The minimum atomic E-state index is 0.0339. The highest BCUT2D eigenvalue weighted by Gasteiger charge is 2.24. The highest BCUT2D eigenvalue weighted by atomic mass is 35.5. The summed E-state index contributed by atoms with van der Waals surface area (Å²) in [6.45, 7) is 4.19. The van der Waals surface area contributed by atoms with Crippen LogP contribution < -0.4 is 5.32 Å². The number of nitrogens with zero attached hydrogens (tertiary/aromatic N) is 4. The Labute approximate surface area is 191 Å². The molecule has 2 aromatic heterocycles. The van der Waals surface area contributed by atoms with Crippen molar-refractivity contribution in [3.63, 3.8) is 0 Å². The molecule has 0 bridgehead atoms. The summed E-state index contributed by atoms with van der Waals surface area (Å²) < 4.78 is 1.97. The van der Waals surface area contributed by atoms with Gasteiger partial charge in [-0.05, 0) is 55.5 Å². The lowest BCUT2D eigenvalue weighted by Crippen LogP contribution is -2.41. The molecule has 6 nitrogen and oxygen atoms in total. The van der Waals surface area contributed by atoms with Crippen LogP contribution in [-0.4, -0.2) is 37.5 Å². The summed E-state index contributed by atoms with van der Waals surface area (Å²) in [7, 11) is 0. The van der Waals surface area contributed by atoms with Crippen molar-refractivity contribution in [2.45, 2.75) is 50.7 Å². The summed E-state index contributed by atoms with van der Waals surface area (Å²) >= 11 is 7.78. The summed E-state index contributed by atoms with van der Waals surface area (Å²) in [4.78, 5) is 16.8. The fourth-order valence-electron chi connectivity index (χ4n) is 4.02. The van der Waals surface area contributed by atoms with Crippen molar-refractivity contribution < 1.29 is 4.79 Å². The second-order valence-corrected chi connectivity index (χ2v) is 9.34. The van der Waals surface area contributed by atoms with Crippen LogP contribution in [0.25, 0.3) is 17.1 Å². The van der Waals surface area contributed by atoms with E-state index in [1.54, 1.807) is 12.4 Å². The number of rotatable bonds is 6. The summed E-state index contributed by atoms with van der Waals surface area (Å²) in [5.41, 5.74) is 2.73. The quantitative estimate of drug-likeness (QED) is 0.525. The van der Waals surface area contributed by atoms with Gasteiger partial charge >= 0.3 is 0 Å². The fraction of sp³-hybridized carbons (Fsp3) is 0.391. The Balaban J connectivity index is 1.60. The van der Waals surface area contributed by atoms with Crippen molar-refractivity contribution >= 4 is 29.3 Å². The SMILES string of the molecule is Cc1c(Cl)cccc1-n1c(SCC(=O)N[C@H]2CCCC[C@@H]2C)nnc1-c1ccncc1. The van der Waals surface area contributed by atoms with Crippen LogP contribution in [0.5, 0.6) is 0 Å². The average molecular weight is 456 g/mol. The lowest BCUT2D eigenvalue weighted by Gasteiger charge is -2.29. The Hall–Kier alpha value is -2.38. The largest absolute Gasteiger partial charge is 0.352 e. The van der Waals surface area contributed by atoms with Crippen LogP contribution in [0.4, 0.5) is 0 Å². The maximum Gasteiger partial charge on any atom is 0.230 e. The first-order valence-corrected chi connectivity index (χ1v) is 11.9. The molecule has 1 fully saturated rings. The summed E-state index contributed by atoms with van der Waals surface area (Å²) in [5, 5.41) is 13.4. The van der Waals surface area contributed by atoms with Crippen LogP contribution in [-0.2, 0) is 4.79 Å². The van der Waals surface area contributed by atoms with Gasteiger partial charge in [-0.2, -0.15) is 0 Å². The number of carbonyl (C=O) groups is 1. The molecule has 0 radical (unpaired) electrons. The number of aromatic nitrogens is 4. The third-order valence-electron chi connectivity index (χ3n) is 5.84. The molecule has 0 spiro atoms. The predicted octanol–water partition coefficient (Wildman–Crippen LogP) is 5.08. The van der Waals surface area contributed by atoms with Gasteiger partial charge in [0.05, 0.1) is 11.4 Å². The number of benzene rings is 1. The molecule has 31 heavy (non-hydrogen) atoms. The number of nitrogens with one attached hydrogen (secondary N) is 1. The van der Waals surface area contributed by atoms with Crippen molar-refractivity contribution in [1.29, 1.82) is 0 Å². The first-order valence-electron chi connectivity index (χ1n) is 10.6. The van der Waals surface area contributed by atoms with Crippen LogP contribution >= 0.6 is 23.4 Å². The fourth-order valence-corrected chi connectivity index (χ4v) is 4.94. The minimum Gasteiger partial charge on any atom is -0.352 e. The van der Waals surface area contributed by atoms with Gasteiger partial charge in [0.1, 0.15) is 0 Å². The third kappa shape index (κ3) is 4.93. The van der Waals surface area contributed by atoms with Crippen LogP contribution in [0.2, 0.25) is 5.02 Å². The lowest BCUT2D eigenvalue weighted by molar-refractivity contribution is -0.119. The molecule has 1 aromatic carbocycles. The van der Waals surface area contributed by atoms with Crippen LogP contribution in [0.15, 0.2) is 47.9 Å². The molecule has 0 aliphatic heterocycles. The first-order chi connectivity index (χ1) is 15.0. The van der Waals surface area contributed by atoms with Gasteiger partial charge in [0.2, 0.25) is 5.91 Å². The average Bonchev–Trinajstić information content (AvgIpc) is 3.20. The topological polar surface area (TPSA) is 72.7 Å². The number of thioether (sulfide) groups is 1. The molecule has 1 aliphatic carbocycles. The molecule has 1 aliphatic rings. The van der Waals surface area contributed by atoms with Gasteiger partial charge < -0.3 is 5.32 Å². The zero-order valence-electron chi connectivity index (χ0n) is 17.7. The van der Waals surface area contributed by atoms with E-state index in [-0.39, 0.29) is 17.7 Å². The Bertz CT molecular complexity index is 1060. The Morgan fingerprint density at radius 2 is 1.97 bits per heavy atom. The van der Waals surface area contributed by atoms with Crippen LogP contribution in [0.3, 0.4) is 0 Å². The van der Waals surface area contributed by atoms with E-state index < -0.39 is 0 Å². The molecule has 8 heteroatoms. The molecule has 1 amide bonds. The summed E-state index contributed by atoms with van der Waals surface area (Å²) in [6.07, 6.45) is 8.12. The highest BCUT2D eigenvalue weighted by molar-refractivity contribution is 7.99. The van der Waals surface area contributed by atoms with E-state index in [9.17, 15) is 4.79 Å². The monoisotopic (exact) mass is 455 g/mol. The smallest absolute Gasteiger partial charge is 0.230 e. The molecule has 1 N–H and O–H groups in total. The Kier molecular flexibility index (Phi) is 6.92. The molecular weight excluding hydrogens is 430 g/mol. The van der Waals surface area contributed by atoms with E-state index in [1.807, 2.05) is 41.8 Å². The van der Waals surface area contributed by atoms with Gasteiger partial charge in [0, 0.05) is 29.0 Å². The molecule has 162 valence electrons. The molecule has 0 unspecified atom stereocenters. The standard InChI is InChI=1S/C23H26ClN5OS/c1-15-6-3-4-8-19(15)26-21(30)14-31-23-28-27-22(17-10-12-25-13-11-17)29(23)20-9-5-7-18(24)16(20)2/h5,7,9-13,15,19H,3-4,6,8,14H2,1-2H3,(H,26,30)/t15-,19-/m0/s1. The zero-order chi connectivity index (χ0) is 21.8. The second-order valence-electron chi connectivity index (χ2n) is 7.99. The molecule has 1 saturated carbocycles. The number of hydrogen-bond donors (Lipinski definition) is 1. The predicted molar refractivity (Wildman–Crippen MR) is 125 cm³/mol. The van der Waals surface area contributed by atoms with E-state index >= 15 is 0 Å². The second kappa shape index (κ2) is 9.83. The normalized spacial score (nSPS) is 18.7. The molecular formula is C23H26ClN5OS. The maximum atomic E-state index is 12.7. The van der Waals surface area contributed by atoms with Crippen LogP contribution in [0.1, 0.15) is 38.2 Å². The number of hydrogen-bond acceptors (Lipinski definition) is 5. The van der Waals surface area contributed by atoms with Gasteiger partial charge in [-0.15, -0.1) is 10.2 Å². The van der Waals surface area contributed by atoms with E-state index in [2.05, 4.69) is 27.4 Å². The van der Waals surface area contributed by atoms with Crippen molar-refractivity contribution in [1.82, 2.24) is 25.1 Å². The van der Waals surface area contributed by atoms with Crippen molar-refractivity contribution in [3.8, 4) is 17.1 Å². The molecule has 0 saturated heterocycles. The van der Waals surface area contributed by atoms with E-state index in [0.717, 1.165) is 23.2 Å². The number of amides is 1. The molecule has 4 rings (SSSR count). The highest BCUT2D eigenvalue weighted by Crippen LogP contribution is 2.31. The summed E-state index contributed by atoms with van der Waals surface area (Å²) in [6, 6.07) is 9.82. The van der Waals surface area contributed by atoms with Gasteiger partial charge in [-0.3, -0.25) is 14.3 Å². The maximum absolute atomic E-state index is 12.7. The number of carbonyl (C=O) groups excluding carboxylic acids is 1. The molecule has 2 atom stereocenters. The van der Waals surface area contributed by atoms with Crippen molar-refractivity contribution in [2.75, 3.05) is 5.75 Å². The molecule has 3 aromatic rings. The summed E-state index contributed by atoms with van der Waals surface area (Å²) in [5.74, 6) is 1.54. The van der Waals surface area contributed by atoms with Crippen molar-refractivity contribution in [3.05, 3.63) is 53.3 Å². The van der Waals surface area contributed by atoms with Gasteiger partial charge in [-0.25, -0.2) is 0 Å². The Morgan fingerprint density at radius 3 is 2.74 bits per heavy atom.